The Morgan fingerprint density at radius 2 is 2.27 bits per heavy atom. The number of aliphatic hydroxyl groups is 1. The van der Waals surface area contributed by atoms with Crippen LogP contribution < -0.4 is 10.2 Å². The van der Waals surface area contributed by atoms with Crippen LogP contribution in [0.25, 0.3) is 0 Å². The van der Waals surface area contributed by atoms with Crippen molar-refractivity contribution in [2.24, 2.45) is 0 Å². The minimum Gasteiger partial charge on any atom is -0.385 e. The summed E-state index contributed by atoms with van der Waals surface area (Å²) in [7, 11) is 0. The van der Waals surface area contributed by atoms with Crippen LogP contribution in [0, 0.1) is 26.2 Å². The largest absolute Gasteiger partial charge is 0.385 e. The molecule has 1 fully saturated rings. The topological polar surface area (TPSA) is 74.2 Å². The first-order chi connectivity index (χ1) is 10.5. The van der Waals surface area contributed by atoms with Gasteiger partial charge in [-0.15, -0.1) is 12.3 Å². The lowest BCUT2D eigenvalue weighted by molar-refractivity contribution is 0.0166. The van der Waals surface area contributed by atoms with Gasteiger partial charge in [-0.1, -0.05) is 0 Å². The van der Waals surface area contributed by atoms with Gasteiger partial charge in [0.05, 0.1) is 18.8 Å². The number of anilines is 3. The maximum atomic E-state index is 10.2. The van der Waals surface area contributed by atoms with Crippen molar-refractivity contribution in [3.8, 4) is 12.3 Å². The summed E-state index contributed by atoms with van der Waals surface area (Å²) in [5.74, 6) is 3.86. The highest BCUT2D eigenvalue weighted by Crippen LogP contribution is 2.31. The highest BCUT2D eigenvalue weighted by molar-refractivity contribution is 7.10. The average molecular weight is 315 g/mol. The second-order valence-electron chi connectivity index (χ2n) is 5.62. The van der Waals surface area contributed by atoms with E-state index in [0.717, 1.165) is 22.1 Å². The molecule has 2 aromatic heterocycles. The summed E-state index contributed by atoms with van der Waals surface area (Å²) in [4.78, 5) is 10.8. The van der Waals surface area contributed by atoms with Crippen molar-refractivity contribution < 1.29 is 5.11 Å². The van der Waals surface area contributed by atoms with Crippen LogP contribution >= 0.6 is 11.5 Å². The molecule has 0 unspecified atom stereocenters. The Morgan fingerprint density at radius 1 is 1.50 bits per heavy atom. The van der Waals surface area contributed by atoms with Gasteiger partial charge in [0.2, 0.25) is 5.95 Å². The Kier molecular flexibility index (Phi) is 3.72. The summed E-state index contributed by atoms with van der Waals surface area (Å²) in [6.07, 6.45) is 7.42. The van der Waals surface area contributed by atoms with Crippen LogP contribution in [-0.2, 0) is 0 Å². The molecule has 114 valence electrons. The van der Waals surface area contributed by atoms with E-state index < -0.39 is 5.60 Å². The lowest BCUT2D eigenvalue weighted by Crippen LogP contribution is -2.62. The fourth-order valence-corrected chi connectivity index (χ4v) is 3.12. The van der Waals surface area contributed by atoms with Gasteiger partial charge in [0.1, 0.15) is 16.4 Å². The summed E-state index contributed by atoms with van der Waals surface area (Å²) in [5.41, 5.74) is 1.13. The summed E-state index contributed by atoms with van der Waals surface area (Å²) in [6, 6.07) is 1.95. The summed E-state index contributed by atoms with van der Waals surface area (Å²) in [6.45, 7) is 4.88. The third-order valence-corrected chi connectivity index (χ3v) is 4.30. The van der Waals surface area contributed by atoms with Gasteiger partial charge in [-0.2, -0.15) is 9.36 Å². The molecule has 0 aliphatic carbocycles. The maximum Gasteiger partial charge on any atom is 0.229 e. The lowest BCUT2D eigenvalue weighted by atomic mass is 9.90. The number of hydrogen-bond donors (Lipinski definition) is 2. The van der Waals surface area contributed by atoms with E-state index in [1.54, 1.807) is 6.20 Å². The molecule has 3 rings (SSSR count). The number of nitrogens with one attached hydrogen (secondary N) is 1. The highest BCUT2D eigenvalue weighted by Gasteiger charge is 2.41. The molecule has 6 nitrogen and oxygen atoms in total. The standard InChI is InChI=1S/C15H17N5OS/c1-4-5-15(21)8-20(9-15)13-10(2)7-16-14(18-13)17-12-6-11(3)19-22-12/h1,6-7,21H,5,8-9H2,2-3H3,(H,16,17,18). The Bertz CT molecular complexity index is 730. The normalized spacial score (nSPS) is 16.0. The fourth-order valence-electron chi connectivity index (χ4n) is 2.46. The SMILES string of the molecule is C#CCC1(O)CN(c2nc(Nc3cc(C)ns3)ncc2C)C1. The lowest BCUT2D eigenvalue weighted by Gasteiger charge is -2.46. The molecule has 0 spiro atoms. The molecule has 1 aliphatic rings. The summed E-state index contributed by atoms with van der Waals surface area (Å²) < 4.78 is 4.22. The molecule has 0 aromatic carbocycles. The van der Waals surface area contributed by atoms with Crippen molar-refractivity contribution in [1.29, 1.82) is 0 Å². The van der Waals surface area contributed by atoms with Gasteiger partial charge in [-0.25, -0.2) is 4.98 Å². The number of nitrogens with zero attached hydrogens (tertiary/aromatic N) is 4. The number of hydrogen-bond acceptors (Lipinski definition) is 7. The molecule has 22 heavy (non-hydrogen) atoms. The van der Waals surface area contributed by atoms with E-state index in [1.165, 1.54) is 11.5 Å². The summed E-state index contributed by atoms with van der Waals surface area (Å²) >= 11 is 1.37. The molecule has 0 amide bonds. The van der Waals surface area contributed by atoms with Gasteiger partial charge in [0.25, 0.3) is 0 Å². The van der Waals surface area contributed by atoms with Gasteiger partial charge in [0.15, 0.2) is 0 Å². The molecule has 2 N–H and O–H groups in total. The van der Waals surface area contributed by atoms with Crippen molar-refractivity contribution in [1.82, 2.24) is 14.3 Å². The minimum atomic E-state index is -0.797. The van der Waals surface area contributed by atoms with Crippen molar-refractivity contribution in [2.75, 3.05) is 23.3 Å². The van der Waals surface area contributed by atoms with Crippen LogP contribution in [0.3, 0.4) is 0 Å². The van der Waals surface area contributed by atoms with Crippen LogP contribution in [0.15, 0.2) is 12.3 Å². The highest BCUT2D eigenvalue weighted by atomic mass is 32.1. The summed E-state index contributed by atoms with van der Waals surface area (Å²) in [5, 5.41) is 14.2. The van der Waals surface area contributed by atoms with Gasteiger partial charge < -0.3 is 15.3 Å². The van der Waals surface area contributed by atoms with Crippen molar-refractivity contribution in [3.05, 3.63) is 23.5 Å². The second-order valence-corrected chi connectivity index (χ2v) is 6.42. The van der Waals surface area contributed by atoms with Crippen molar-refractivity contribution >= 4 is 28.3 Å². The van der Waals surface area contributed by atoms with Gasteiger partial charge >= 0.3 is 0 Å². The quantitative estimate of drug-likeness (QED) is 0.839. The Labute approximate surface area is 133 Å². The number of aromatic nitrogens is 3. The molecule has 0 bridgehead atoms. The molecule has 1 saturated heterocycles. The predicted octanol–water partition coefficient (Wildman–Crippen LogP) is 1.87. The van der Waals surface area contributed by atoms with Crippen LogP contribution in [0.1, 0.15) is 17.7 Å². The third-order valence-electron chi connectivity index (χ3n) is 3.51. The monoisotopic (exact) mass is 315 g/mol. The average Bonchev–Trinajstić information content (AvgIpc) is 2.84. The van der Waals surface area contributed by atoms with Crippen molar-refractivity contribution in [2.45, 2.75) is 25.9 Å². The van der Waals surface area contributed by atoms with E-state index in [0.29, 0.717) is 25.5 Å². The molecule has 2 aromatic rings. The van der Waals surface area contributed by atoms with Crippen LogP contribution in [0.5, 0.6) is 0 Å². The first kappa shape index (κ1) is 14.8. The maximum absolute atomic E-state index is 10.2. The van der Waals surface area contributed by atoms with Crippen LogP contribution in [-0.4, -0.2) is 38.1 Å². The van der Waals surface area contributed by atoms with Crippen molar-refractivity contribution in [3.63, 3.8) is 0 Å². The Hall–Kier alpha value is -2.17. The first-order valence-corrected chi connectivity index (χ1v) is 7.71. The molecular formula is C15H17N5OS. The minimum absolute atomic E-state index is 0.360. The van der Waals surface area contributed by atoms with E-state index in [4.69, 9.17) is 6.42 Å². The Morgan fingerprint density at radius 3 is 2.91 bits per heavy atom. The van der Waals surface area contributed by atoms with Crippen LogP contribution in [0.2, 0.25) is 0 Å². The van der Waals surface area contributed by atoms with E-state index in [2.05, 4.69) is 25.6 Å². The molecule has 0 radical (unpaired) electrons. The third kappa shape index (κ3) is 2.89. The number of aryl methyl sites for hydroxylation is 2. The van der Waals surface area contributed by atoms with E-state index in [9.17, 15) is 5.11 Å². The van der Waals surface area contributed by atoms with E-state index in [1.807, 2.05) is 24.8 Å². The molecular weight excluding hydrogens is 298 g/mol. The Balaban J connectivity index is 1.75. The van der Waals surface area contributed by atoms with Gasteiger partial charge in [0, 0.05) is 18.2 Å². The number of rotatable bonds is 4. The molecule has 3 heterocycles. The zero-order chi connectivity index (χ0) is 15.7. The zero-order valence-electron chi connectivity index (χ0n) is 12.5. The molecule has 0 saturated carbocycles. The smallest absolute Gasteiger partial charge is 0.229 e. The fraction of sp³-hybridized carbons (Fsp3) is 0.400. The second kappa shape index (κ2) is 5.55. The van der Waals surface area contributed by atoms with Gasteiger partial charge in [-0.3, -0.25) is 0 Å². The van der Waals surface area contributed by atoms with E-state index >= 15 is 0 Å². The predicted molar refractivity (Wildman–Crippen MR) is 87.5 cm³/mol. The van der Waals surface area contributed by atoms with Crippen LogP contribution in [0.4, 0.5) is 16.8 Å². The number of β-amino-alcohol motifs (C(OH)–C–C–N with tert-alkyl or cyclic N) is 1. The first-order valence-electron chi connectivity index (χ1n) is 6.94. The molecule has 7 heteroatoms. The zero-order valence-corrected chi connectivity index (χ0v) is 13.3. The number of terminal acetylenes is 1. The van der Waals surface area contributed by atoms with Gasteiger partial charge in [-0.05, 0) is 31.4 Å². The van der Waals surface area contributed by atoms with E-state index in [-0.39, 0.29) is 0 Å². The molecule has 1 aliphatic heterocycles. The molecule has 0 atom stereocenters.